The van der Waals surface area contributed by atoms with Crippen LogP contribution in [0.2, 0.25) is 0 Å². The van der Waals surface area contributed by atoms with Crippen LogP contribution in [0.1, 0.15) is 39.5 Å². The summed E-state index contributed by atoms with van der Waals surface area (Å²) in [4.78, 5) is 10.3. The molecule has 0 spiro atoms. The summed E-state index contributed by atoms with van der Waals surface area (Å²) >= 11 is 6.02. The van der Waals surface area contributed by atoms with E-state index in [9.17, 15) is 4.79 Å². The van der Waals surface area contributed by atoms with Crippen molar-refractivity contribution in [2.45, 2.75) is 44.9 Å². The van der Waals surface area contributed by atoms with Gasteiger partial charge in [0.25, 0.3) is 0 Å². The number of carboxylic acid groups (broad SMARTS) is 1. The molecule has 0 aromatic heterocycles. The van der Waals surface area contributed by atoms with Crippen LogP contribution in [0.5, 0.6) is 0 Å². The molecule has 0 aromatic carbocycles. The lowest BCUT2D eigenvalue weighted by molar-refractivity contribution is -0.136. The standard InChI is InChI=1S/C12H19ClO2/c1-9(2)11(13)8-7-10(3)5-4-6-12(14)15/h5,11H,1,4,6-8H2,2-3H3,(H,14,15). The van der Waals surface area contributed by atoms with E-state index in [-0.39, 0.29) is 11.8 Å². The highest BCUT2D eigenvalue weighted by Crippen LogP contribution is 2.17. The van der Waals surface area contributed by atoms with Crippen molar-refractivity contribution >= 4 is 17.6 Å². The van der Waals surface area contributed by atoms with E-state index >= 15 is 0 Å². The Morgan fingerprint density at radius 2 is 2.07 bits per heavy atom. The van der Waals surface area contributed by atoms with E-state index in [1.165, 1.54) is 5.57 Å². The molecule has 1 unspecified atom stereocenters. The van der Waals surface area contributed by atoms with Gasteiger partial charge in [0.2, 0.25) is 0 Å². The Hall–Kier alpha value is -0.760. The van der Waals surface area contributed by atoms with Crippen LogP contribution in [0.15, 0.2) is 23.8 Å². The highest BCUT2D eigenvalue weighted by molar-refractivity contribution is 6.22. The minimum absolute atomic E-state index is 0.0211. The van der Waals surface area contributed by atoms with Gasteiger partial charge in [0.05, 0.1) is 5.38 Å². The minimum atomic E-state index is -0.754. The van der Waals surface area contributed by atoms with Crippen LogP contribution in [0.4, 0.5) is 0 Å². The summed E-state index contributed by atoms with van der Waals surface area (Å²) in [6.07, 6.45) is 4.53. The predicted molar refractivity (Wildman–Crippen MR) is 64.3 cm³/mol. The molecule has 15 heavy (non-hydrogen) atoms. The lowest BCUT2D eigenvalue weighted by atomic mass is 10.1. The summed E-state index contributed by atoms with van der Waals surface area (Å²) in [6.45, 7) is 7.71. The van der Waals surface area contributed by atoms with Crippen LogP contribution in [0.3, 0.4) is 0 Å². The van der Waals surface area contributed by atoms with Crippen molar-refractivity contribution in [2.75, 3.05) is 0 Å². The van der Waals surface area contributed by atoms with Crippen molar-refractivity contribution in [3.05, 3.63) is 23.8 Å². The van der Waals surface area contributed by atoms with Gasteiger partial charge in [0.15, 0.2) is 0 Å². The van der Waals surface area contributed by atoms with Gasteiger partial charge in [-0.05, 0) is 33.1 Å². The average Bonchev–Trinajstić information content (AvgIpc) is 2.13. The molecule has 0 saturated carbocycles. The van der Waals surface area contributed by atoms with Crippen LogP contribution in [-0.2, 0) is 4.79 Å². The molecule has 0 fully saturated rings. The van der Waals surface area contributed by atoms with E-state index in [0.717, 1.165) is 18.4 Å². The van der Waals surface area contributed by atoms with Crippen LogP contribution in [-0.4, -0.2) is 16.5 Å². The molecule has 0 rings (SSSR count). The summed E-state index contributed by atoms with van der Waals surface area (Å²) in [5.41, 5.74) is 2.18. The molecular weight excluding hydrogens is 212 g/mol. The molecule has 0 saturated heterocycles. The van der Waals surface area contributed by atoms with Crippen molar-refractivity contribution in [2.24, 2.45) is 0 Å². The SMILES string of the molecule is C=C(C)C(Cl)CCC(C)=CCCC(=O)O. The minimum Gasteiger partial charge on any atom is -0.481 e. The predicted octanol–water partition coefficient (Wildman–Crippen LogP) is 3.76. The zero-order valence-electron chi connectivity index (χ0n) is 9.42. The first-order valence-electron chi connectivity index (χ1n) is 5.10. The monoisotopic (exact) mass is 230 g/mol. The number of carboxylic acids is 1. The second-order valence-electron chi connectivity index (χ2n) is 3.84. The third-order valence-corrected chi connectivity index (χ3v) is 2.77. The number of hydrogen-bond acceptors (Lipinski definition) is 1. The van der Waals surface area contributed by atoms with Crippen molar-refractivity contribution in [1.82, 2.24) is 0 Å². The molecule has 0 radical (unpaired) electrons. The first-order valence-corrected chi connectivity index (χ1v) is 5.54. The maximum absolute atomic E-state index is 10.3. The van der Waals surface area contributed by atoms with E-state index in [1.54, 1.807) is 0 Å². The number of halogens is 1. The Balaban J connectivity index is 3.77. The third-order valence-electron chi connectivity index (χ3n) is 2.18. The second-order valence-corrected chi connectivity index (χ2v) is 4.36. The largest absolute Gasteiger partial charge is 0.481 e. The zero-order chi connectivity index (χ0) is 11.8. The Morgan fingerprint density at radius 3 is 2.53 bits per heavy atom. The smallest absolute Gasteiger partial charge is 0.303 e. The number of carbonyl (C=O) groups is 1. The van der Waals surface area contributed by atoms with Gasteiger partial charge < -0.3 is 5.11 Å². The molecule has 0 amide bonds. The van der Waals surface area contributed by atoms with Gasteiger partial charge in [0, 0.05) is 6.42 Å². The van der Waals surface area contributed by atoms with Crippen LogP contribution in [0.25, 0.3) is 0 Å². The number of hydrogen-bond donors (Lipinski definition) is 1. The molecule has 3 heteroatoms. The Morgan fingerprint density at radius 1 is 1.47 bits per heavy atom. The van der Waals surface area contributed by atoms with E-state index in [1.807, 2.05) is 19.9 Å². The van der Waals surface area contributed by atoms with Crippen molar-refractivity contribution < 1.29 is 9.90 Å². The highest BCUT2D eigenvalue weighted by atomic mass is 35.5. The average molecular weight is 231 g/mol. The fourth-order valence-electron chi connectivity index (χ4n) is 1.14. The van der Waals surface area contributed by atoms with E-state index < -0.39 is 5.97 Å². The first kappa shape index (κ1) is 14.2. The summed E-state index contributed by atoms with van der Waals surface area (Å²) in [5.74, 6) is -0.754. The Labute approximate surface area is 96.6 Å². The van der Waals surface area contributed by atoms with Crippen molar-refractivity contribution in [3.8, 4) is 0 Å². The second kappa shape index (κ2) is 7.52. The van der Waals surface area contributed by atoms with Gasteiger partial charge >= 0.3 is 5.97 Å². The van der Waals surface area contributed by atoms with Crippen molar-refractivity contribution in [1.29, 1.82) is 0 Å². The molecule has 1 N–H and O–H groups in total. The molecule has 0 aromatic rings. The summed E-state index contributed by atoms with van der Waals surface area (Å²) in [7, 11) is 0. The number of rotatable bonds is 7. The lowest BCUT2D eigenvalue weighted by Gasteiger charge is -2.08. The molecule has 2 nitrogen and oxygen atoms in total. The van der Waals surface area contributed by atoms with Gasteiger partial charge in [-0.3, -0.25) is 4.79 Å². The third kappa shape index (κ3) is 8.25. The Bertz CT molecular complexity index is 256. The first-order chi connectivity index (χ1) is 6.93. The van der Waals surface area contributed by atoms with Gasteiger partial charge in [-0.25, -0.2) is 0 Å². The van der Waals surface area contributed by atoms with Crippen molar-refractivity contribution in [3.63, 3.8) is 0 Å². The summed E-state index contributed by atoms with van der Waals surface area (Å²) in [5, 5.41) is 8.48. The fourth-order valence-corrected chi connectivity index (χ4v) is 1.25. The summed E-state index contributed by atoms with van der Waals surface area (Å²) in [6, 6.07) is 0. The quantitative estimate of drug-likeness (QED) is 0.534. The van der Waals surface area contributed by atoms with E-state index in [2.05, 4.69) is 6.58 Å². The van der Waals surface area contributed by atoms with Gasteiger partial charge in [0.1, 0.15) is 0 Å². The van der Waals surface area contributed by atoms with Gasteiger partial charge in [-0.15, -0.1) is 11.6 Å². The van der Waals surface area contributed by atoms with E-state index in [0.29, 0.717) is 6.42 Å². The highest BCUT2D eigenvalue weighted by Gasteiger charge is 2.04. The number of aliphatic carboxylic acids is 1. The molecule has 1 atom stereocenters. The fraction of sp³-hybridized carbons (Fsp3) is 0.583. The zero-order valence-corrected chi connectivity index (χ0v) is 10.2. The van der Waals surface area contributed by atoms with Gasteiger partial charge in [-0.2, -0.15) is 0 Å². The van der Waals surface area contributed by atoms with Gasteiger partial charge in [-0.1, -0.05) is 23.8 Å². The molecule has 0 aliphatic heterocycles. The Kier molecular flexibility index (Phi) is 7.14. The topological polar surface area (TPSA) is 37.3 Å². The van der Waals surface area contributed by atoms with Crippen LogP contribution in [0, 0.1) is 0 Å². The number of alkyl halides is 1. The number of allylic oxidation sites excluding steroid dienone is 3. The molecule has 0 heterocycles. The summed E-state index contributed by atoms with van der Waals surface area (Å²) < 4.78 is 0. The molecular formula is C12H19ClO2. The molecule has 86 valence electrons. The van der Waals surface area contributed by atoms with Crippen LogP contribution >= 0.6 is 11.6 Å². The molecule has 0 aliphatic rings. The lowest BCUT2D eigenvalue weighted by Crippen LogP contribution is -1.99. The molecule has 0 bridgehead atoms. The molecule has 0 aliphatic carbocycles. The van der Waals surface area contributed by atoms with Crippen LogP contribution < -0.4 is 0 Å². The maximum atomic E-state index is 10.3. The maximum Gasteiger partial charge on any atom is 0.303 e. The van der Waals surface area contributed by atoms with E-state index in [4.69, 9.17) is 16.7 Å². The normalized spacial score (nSPS) is 13.7.